The highest BCUT2D eigenvalue weighted by molar-refractivity contribution is 8.00. The Balaban J connectivity index is 1.45. The molecule has 1 saturated heterocycles. The summed E-state index contributed by atoms with van der Waals surface area (Å²) < 4.78 is 0. The van der Waals surface area contributed by atoms with Crippen LogP contribution in [0.1, 0.15) is 17.9 Å². The quantitative estimate of drug-likeness (QED) is 0.851. The fourth-order valence-corrected chi connectivity index (χ4v) is 4.39. The molecule has 0 N–H and O–H groups in total. The van der Waals surface area contributed by atoms with Crippen molar-refractivity contribution in [1.82, 2.24) is 9.88 Å². The lowest BCUT2D eigenvalue weighted by atomic mass is 10.00. The van der Waals surface area contributed by atoms with E-state index >= 15 is 0 Å². The van der Waals surface area contributed by atoms with E-state index in [-0.39, 0.29) is 18.4 Å². The van der Waals surface area contributed by atoms with Gasteiger partial charge in [-0.1, -0.05) is 12.1 Å². The molecule has 1 fully saturated rings. The van der Waals surface area contributed by atoms with Gasteiger partial charge in [-0.15, -0.1) is 11.8 Å². The molecule has 6 heteroatoms. The molecule has 0 bridgehead atoms. The number of likely N-dealkylation sites (tertiary alicyclic amines) is 1. The number of carbonyl (C=O) groups excluding carboxylic acids is 2. The molecule has 2 aliphatic rings. The smallest absolute Gasteiger partial charge is 0.242 e. The van der Waals surface area contributed by atoms with Crippen molar-refractivity contribution in [3.8, 4) is 0 Å². The van der Waals surface area contributed by atoms with Crippen molar-refractivity contribution in [2.45, 2.75) is 17.2 Å². The number of para-hydroxylation sites is 1. The normalized spacial score (nSPS) is 19.8. The van der Waals surface area contributed by atoms with E-state index in [9.17, 15) is 9.59 Å². The lowest BCUT2D eigenvalue weighted by Gasteiger charge is -2.30. The topological polar surface area (TPSA) is 53.5 Å². The van der Waals surface area contributed by atoms with E-state index in [0.29, 0.717) is 18.2 Å². The van der Waals surface area contributed by atoms with Gasteiger partial charge in [0, 0.05) is 36.3 Å². The van der Waals surface area contributed by atoms with Gasteiger partial charge < -0.3 is 9.80 Å². The minimum absolute atomic E-state index is 0.00179. The second-order valence-corrected chi connectivity index (χ2v) is 7.36. The highest BCUT2D eigenvalue weighted by Gasteiger charge is 2.31. The van der Waals surface area contributed by atoms with E-state index < -0.39 is 0 Å². The standard InChI is InChI=1S/C19H19N3O2S/c23-18(21-10-7-15(11-21)14-5-8-20-9-6-14)12-22-16-3-1-2-4-17(16)25-13-19(22)24/h1-6,8-9,15H,7,10-13H2. The van der Waals surface area contributed by atoms with Gasteiger partial charge in [-0.2, -0.15) is 0 Å². The molecule has 1 aromatic carbocycles. The SMILES string of the molecule is O=C(CN1C(=O)CSc2ccccc21)N1CCC(c2ccncc2)C1. The molecule has 4 rings (SSSR count). The molecule has 5 nitrogen and oxygen atoms in total. The second kappa shape index (κ2) is 6.88. The highest BCUT2D eigenvalue weighted by atomic mass is 32.2. The van der Waals surface area contributed by atoms with Crippen LogP contribution in [0, 0.1) is 0 Å². The molecule has 0 aliphatic carbocycles. The zero-order valence-electron chi connectivity index (χ0n) is 13.8. The first kappa shape index (κ1) is 16.1. The first-order valence-corrected chi connectivity index (χ1v) is 9.41. The molecule has 0 spiro atoms. The molecule has 0 saturated carbocycles. The Morgan fingerprint density at radius 1 is 1.20 bits per heavy atom. The number of benzene rings is 1. The van der Waals surface area contributed by atoms with E-state index in [0.717, 1.165) is 23.5 Å². The number of carbonyl (C=O) groups is 2. The number of anilines is 1. The van der Waals surface area contributed by atoms with Gasteiger partial charge in [0.05, 0.1) is 11.4 Å². The molecule has 1 aromatic heterocycles. The third-order valence-corrected chi connectivity index (χ3v) is 5.87. The molecule has 25 heavy (non-hydrogen) atoms. The molecule has 3 heterocycles. The Hall–Kier alpha value is -2.34. The maximum absolute atomic E-state index is 12.8. The van der Waals surface area contributed by atoms with E-state index in [1.807, 2.05) is 41.3 Å². The molecular weight excluding hydrogens is 334 g/mol. The predicted octanol–water partition coefficient (Wildman–Crippen LogP) is 2.54. The van der Waals surface area contributed by atoms with Crippen molar-refractivity contribution >= 4 is 29.3 Å². The molecule has 2 aromatic rings. The van der Waals surface area contributed by atoms with E-state index in [2.05, 4.69) is 4.98 Å². The van der Waals surface area contributed by atoms with Crippen molar-refractivity contribution in [3.05, 3.63) is 54.4 Å². The lowest BCUT2D eigenvalue weighted by Crippen LogP contribution is -2.44. The Labute approximate surface area is 151 Å². The monoisotopic (exact) mass is 353 g/mol. The number of amides is 2. The summed E-state index contributed by atoms with van der Waals surface area (Å²) in [6, 6.07) is 11.8. The molecule has 1 atom stereocenters. The van der Waals surface area contributed by atoms with Crippen molar-refractivity contribution in [2.75, 3.05) is 30.3 Å². The summed E-state index contributed by atoms with van der Waals surface area (Å²) in [6.45, 7) is 1.57. The van der Waals surface area contributed by atoms with Gasteiger partial charge in [0.15, 0.2) is 0 Å². The van der Waals surface area contributed by atoms with E-state index in [1.165, 1.54) is 17.3 Å². The van der Waals surface area contributed by atoms with Crippen LogP contribution in [-0.2, 0) is 9.59 Å². The fraction of sp³-hybridized carbons (Fsp3) is 0.316. The Kier molecular flexibility index (Phi) is 4.44. The van der Waals surface area contributed by atoms with E-state index in [1.54, 1.807) is 17.3 Å². The van der Waals surface area contributed by atoms with Crippen molar-refractivity contribution < 1.29 is 9.59 Å². The average Bonchev–Trinajstić information content (AvgIpc) is 3.15. The Bertz CT molecular complexity index is 796. The lowest BCUT2D eigenvalue weighted by molar-refractivity contribution is -0.130. The van der Waals surface area contributed by atoms with Crippen LogP contribution in [0.15, 0.2) is 53.7 Å². The third-order valence-electron chi connectivity index (χ3n) is 4.82. The first-order valence-electron chi connectivity index (χ1n) is 8.42. The summed E-state index contributed by atoms with van der Waals surface area (Å²) >= 11 is 1.54. The van der Waals surface area contributed by atoms with Gasteiger partial charge in [0.25, 0.3) is 0 Å². The molecule has 2 aliphatic heterocycles. The van der Waals surface area contributed by atoms with Gasteiger partial charge in [-0.05, 0) is 36.2 Å². The number of thioether (sulfide) groups is 1. The summed E-state index contributed by atoms with van der Waals surface area (Å²) in [5, 5.41) is 0. The number of rotatable bonds is 3. The van der Waals surface area contributed by atoms with Crippen LogP contribution in [0.25, 0.3) is 0 Å². The van der Waals surface area contributed by atoms with Crippen molar-refractivity contribution in [1.29, 1.82) is 0 Å². The zero-order chi connectivity index (χ0) is 17.2. The number of pyridine rings is 1. The summed E-state index contributed by atoms with van der Waals surface area (Å²) in [5.74, 6) is 0.768. The minimum Gasteiger partial charge on any atom is -0.341 e. The highest BCUT2D eigenvalue weighted by Crippen LogP contribution is 2.35. The van der Waals surface area contributed by atoms with Crippen LogP contribution in [0.3, 0.4) is 0 Å². The van der Waals surface area contributed by atoms with Crippen LogP contribution in [0.5, 0.6) is 0 Å². The zero-order valence-corrected chi connectivity index (χ0v) is 14.6. The summed E-state index contributed by atoms with van der Waals surface area (Å²) in [4.78, 5) is 33.7. The molecule has 128 valence electrons. The van der Waals surface area contributed by atoms with Crippen molar-refractivity contribution in [3.63, 3.8) is 0 Å². The Morgan fingerprint density at radius 2 is 2.00 bits per heavy atom. The van der Waals surface area contributed by atoms with Gasteiger partial charge in [-0.25, -0.2) is 0 Å². The van der Waals surface area contributed by atoms with Crippen LogP contribution in [0.2, 0.25) is 0 Å². The number of nitrogens with zero attached hydrogens (tertiary/aromatic N) is 3. The fourth-order valence-electron chi connectivity index (χ4n) is 3.46. The van der Waals surface area contributed by atoms with Gasteiger partial charge in [-0.3, -0.25) is 14.6 Å². The van der Waals surface area contributed by atoms with Gasteiger partial charge >= 0.3 is 0 Å². The largest absolute Gasteiger partial charge is 0.341 e. The van der Waals surface area contributed by atoms with Crippen molar-refractivity contribution in [2.24, 2.45) is 0 Å². The van der Waals surface area contributed by atoms with Crippen LogP contribution in [-0.4, -0.2) is 47.1 Å². The Morgan fingerprint density at radius 3 is 2.84 bits per heavy atom. The van der Waals surface area contributed by atoms with E-state index in [4.69, 9.17) is 0 Å². The molecule has 0 radical (unpaired) electrons. The maximum atomic E-state index is 12.8. The first-order chi connectivity index (χ1) is 12.2. The minimum atomic E-state index is 0.00179. The summed E-state index contributed by atoms with van der Waals surface area (Å²) in [7, 11) is 0. The number of fused-ring (bicyclic) bond motifs is 1. The summed E-state index contributed by atoms with van der Waals surface area (Å²) in [6.07, 6.45) is 4.54. The van der Waals surface area contributed by atoms with Crippen LogP contribution in [0.4, 0.5) is 5.69 Å². The maximum Gasteiger partial charge on any atom is 0.242 e. The predicted molar refractivity (Wildman–Crippen MR) is 97.7 cm³/mol. The average molecular weight is 353 g/mol. The molecule has 1 unspecified atom stereocenters. The van der Waals surface area contributed by atoms with Crippen LogP contribution < -0.4 is 4.90 Å². The number of hydrogen-bond donors (Lipinski definition) is 0. The molecule has 2 amide bonds. The number of aromatic nitrogens is 1. The second-order valence-electron chi connectivity index (χ2n) is 6.34. The van der Waals surface area contributed by atoms with Gasteiger partial charge in [0.2, 0.25) is 11.8 Å². The van der Waals surface area contributed by atoms with Gasteiger partial charge in [0.1, 0.15) is 6.54 Å². The summed E-state index contributed by atoms with van der Waals surface area (Å²) in [5.41, 5.74) is 2.07. The third kappa shape index (κ3) is 3.26. The van der Waals surface area contributed by atoms with Crippen LogP contribution >= 0.6 is 11.8 Å². The molecular formula is C19H19N3O2S. The number of hydrogen-bond acceptors (Lipinski definition) is 4.